The van der Waals surface area contributed by atoms with Gasteiger partial charge < -0.3 is 19.8 Å². The van der Waals surface area contributed by atoms with E-state index in [0.29, 0.717) is 12.2 Å². The topological polar surface area (TPSA) is 114 Å². The number of carbonyl (C=O) groups excluding carboxylic acids is 4. The van der Waals surface area contributed by atoms with Gasteiger partial charge in [0.15, 0.2) is 11.6 Å². The minimum Gasteiger partial charge on any atom is -0.545 e. The van der Waals surface area contributed by atoms with Gasteiger partial charge in [0.2, 0.25) is 0 Å². The van der Waals surface area contributed by atoms with Crippen molar-refractivity contribution in [3.8, 4) is 0 Å². The average molecular weight is 208 g/mol. The molecule has 1 aliphatic rings. The Morgan fingerprint density at radius 2 is 1.06 bits per heavy atom. The average Bonchev–Trinajstić information content (AvgIpc) is 2.07. The maximum Gasteiger partial charge on any atom is 1.00 e. The van der Waals surface area contributed by atoms with E-state index in [4.69, 9.17) is 0 Å². The molecule has 0 N–H and O–H groups in total. The van der Waals surface area contributed by atoms with Crippen molar-refractivity contribution in [2.75, 3.05) is 0 Å². The van der Waals surface area contributed by atoms with Crippen LogP contribution in [0.25, 0.3) is 0 Å². The van der Waals surface area contributed by atoms with Gasteiger partial charge in [0.1, 0.15) is 0 Å². The number of carboxylic acid groups (broad SMARTS) is 2. The molecule has 0 atom stereocenters. The Balaban J connectivity index is 0. The van der Waals surface area contributed by atoms with E-state index in [-0.39, 0.29) is 37.7 Å². The summed E-state index contributed by atoms with van der Waals surface area (Å²) in [5.74, 6) is -5.83. The minimum absolute atomic E-state index is 0. The molecule has 6 nitrogen and oxygen atoms in total. The van der Waals surface area contributed by atoms with E-state index in [1.165, 1.54) is 0 Å². The molecule has 0 saturated carbocycles. The number of hydrogen-bond acceptors (Lipinski definition) is 6. The molecule has 0 radical (unpaired) electrons. The van der Waals surface area contributed by atoms with E-state index in [9.17, 15) is 29.4 Å². The summed E-state index contributed by atoms with van der Waals surface area (Å²) in [6.45, 7) is 0. The molecule has 1 rings (SSSR count). The van der Waals surface area contributed by atoms with Crippen LogP contribution in [0.15, 0.2) is 23.3 Å². The van der Waals surface area contributed by atoms with Crippen LogP contribution in [0.4, 0.5) is 0 Å². The van der Waals surface area contributed by atoms with E-state index in [2.05, 4.69) is 0 Å². The summed E-state index contributed by atoms with van der Waals surface area (Å²) >= 11 is 0. The third-order valence-corrected chi connectivity index (χ3v) is 1.52. The van der Waals surface area contributed by atoms with Crippen molar-refractivity contribution in [1.29, 1.82) is 0 Å². The second kappa shape index (κ2) is 6.52. The smallest absolute Gasteiger partial charge is 0.545 e. The van der Waals surface area contributed by atoms with E-state index in [1.807, 2.05) is 0 Å². The Labute approximate surface area is 114 Å². The molecule has 16 heavy (non-hydrogen) atoms. The van der Waals surface area contributed by atoms with Crippen molar-refractivity contribution in [2.45, 2.75) is 0 Å². The van der Waals surface area contributed by atoms with Crippen LogP contribution in [0, 0.1) is 0 Å². The van der Waals surface area contributed by atoms with Gasteiger partial charge in [-0.25, -0.2) is 0 Å². The van der Waals surface area contributed by atoms with Gasteiger partial charge in [0, 0.05) is 11.1 Å². The Morgan fingerprint density at radius 1 is 0.812 bits per heavy atom. The van der Waals surface area contributed by atoms with Gasteiger partial charge in [0.05, 0.1) is 11.9 Å². The zero-order valence-electron chi connectivity index (χ0n) is 8.60. The zero-order valence-corrected chi connectivity index (χ0v) is 8.60. The third kappa shape index (κ3) is 3.51. The first-order valence-electron chi connectivity index (χ1n) is 3.38. The van der Waals surface area contributed by atoms with E-state index >= 15 is 0 Å². The van der Waals surface area contributed by atoms with Gasteiger partial charge in [-0.15, -0.1) is 0 Å². The summed E-state index contributed by atoms with van der Waals surface area (Å²) in [6.07, 6.45) is 0.811. The number of ketones is 2. The normalized spacial score (nSPS) is 14.0. The molecule has 0 amide bonds. The monoisotopic (exact) mass is 208 g/mol. The first-order valence-corrected chi connectivity index (χ1v) is 3.38. The zero-order chi connectivity index (χ0) is 10.9. The van der Waals surface area contributed by atoms with Crippen molar-refractivity contribution >= 4 is 23.5 Å². The number of hydrogen-bond donors (Lipinski definition) is 0. The predicted molar refractivity (Wildman–Crippen MR) is 36.2 cm³/mol. The first kappa shape index (κ1) is 17.4. The second-order valence-electron chi connectivity index (χ2n) is 2.42. The number of carbonyl (C=O) groups is 4. The molecule has 0 unspecified atom stereocenters. The number of rotatable bonds is 2. The fourth-order valence-corrected chi connectivity index (χ4v) is 0.879. The van der Waals surface area contributed by atoms with E-state index in [0.717, 1.165) is 0 Å². The summed E-state index contributed by atoms with van der Waals surface area (Å²) in [5, 5.41) is 20.5. The van der Waals surface area contributed by atoms with Crippen LogP contribution >= 0.6 is 0 Å². The Kier molecular flexibility index (Phi) is 7.07. The minimum atomic E-state index is -1.82. The van der Waals surface area contributed by atoms with Crippen LogP contribution in [0.3, 0.4) is 0 Å². The molecule has 0 aromatic heterocycles. The summed E-state index contributed by atoms with van der Waals surface area (Å²) in [6, 6.07) is 0. The number of carboxylic acids is 2. The number of aliphatic carboxylic acids is 2. The van der Waals surface area contributed by atoms with Gasteiger partial charge in [-0.3, -0.25) is 9.59 Å². The molecule has 0 aliphatic heterocycles. The largest absolute Gasteiger partial charge is 1.00 e. The molecule has 72 valence electrons. The molecular weight excluding hydrogens is 206 g/mol. The van der Waals surface area contributed by atoms with E-state index in [1.54, 1.807) is 0 Å². The van der Waals surface area contributed by atoms with Gasteiger partial charge in [-0.2, -0.15) is 0 Å². The third-order valence-electron chi connectivity index (χ3n) is 1.52. The maximum absolute atomic E-state index is 10.9. The van der Waals surface area contributed by atoms with Crippen molar-refractivity contribution in [3.05, 3.63) is 23.3 Å². The molecule has 0 heterocycles. The summed E-state index contributed by atoms with van der Waals surface area (Å²) in [5.41, 5.74) is -1.72. The molecule has 1 aliphatic carbocycles. The molecule has 8 heteroatoms. The van der Waals surface area contributed by atoms with Crippen LogP contribution < -0.4 is 47.9 Å². The van der Waals surface area contributed by atoms with Crippen molar-refractivity contribution in [1.82, 2.24) is 0 Å². The van der Waals surface area contributed by atoms with Gasteiger partial charge >= 0.3 is 37.7 Å². The van der Waals surface area contributed by atoms with Crippen LogP contribution in [0.5, 0.6) is 0 Å². The SMILES string of the molecule is O=C([O-])C1=CC(=O)C(C(=O)[O-])=CC1=O.[Li+].[Li+]. The van der Waals surface area contributed by atoms with Crippen molar-refractivity contribution < 1.29 is 67.1 Å². The van der Waals surface area contributed by atoms with E-state index < -0.39 is 34.7 Å². The summed E-state index contributed by atoms with van der Waals surface area (Å²) in [7, 11) is 0. The summed E-state index contributed by atoms with van der Waals surface area (Å²) < 4.78 is 0. The van der Waals surface area contributed by atoms with Gasteiger partial charge in [-0.05, 0) is 12.2 Å². The van der Waals surface area contributed by atoms with Crippen molar-refractivity contribution in [3.63, 3.8) is 0 Å². The quantitative estimate of drug-likeness (QED) is 0.253. The van der Waals surface area contributed by atoms with Gasteiger partial charge in [0.25, 0.3) is 0 Å². The molecule has 0 saturated heterocycles. The molecule has 0 fully saturated rings. The molecule has 0 aromatic carbocycles. The standard InChI is InChI=1S/C8H4O6.2Li/c9-5-1-3(7(11)12)6(10)2-4(5)8(13)14;;/h1-2H,(H,11,12)(H,13,14);;/q;2*+1/p-2. The van der Waals surface area contributed by atoms with Crippen molar-refractivity contribution in [2.24, 2.45) is 0 Å². The van der Waals surface area contributed by atoms with Gasteiger partial charge in [-0.1, -0.05) is 0 Å². The maximum atomic E-state index is 10.9. The molecular formula is C8H2Li2O6. The van der Waals surface area contributed by atoms with Crippen LogP contribution in [0.2, 0.25) is 0 Å². The van der Waals surface area contributed by atoms with Crippen LogP contribution in [-0.2, 0) is 19.2 Å². The van der Waals surface area contributed by atoms with Crippen LogP contribution in [-0.4, -0.2) is 23.5 Å². The number of allylic oxidation sites excluding steroid dienone is 2. The summed E-state index contributed by atoms with van der Waals surface area (Å²) in [4.78, 5) is 42.3. The second-order valence-corrected chi connectivity index (χ2v) is 2.42. The van der Waals surface area contributed by atoms with Crippen LogP contribution in [0.1, 0.15) is 0 Å². The molecule has 0 aromatic rings. The Morgan fingerprint density at radius 3 is 1.25 bits per heavy atom. The fraction of sp³-hybridized carbons (Fsp3) is 0. The molecule has 0 spiro atoms. The Bertz CT molecular complexity index is 380. The Hall–Kier alpha value is -1.05. The fourth-order valence-electron chi connectivity index (χ4n) is 0.879. The predicted octanol–water partition coefficient (Wildman–Crippen LogP) is -9.50. The molecule has 0 bridgehead atoms. The first-order chi connectivity index (χ1) is 6.43.